The third kappa shape index (κ3) is 3.57. The molecule has 3 rings (SSSR count). The summed E-state index contributed by atoms with van der Waals surface area (Å²) >= 11 is 0. The highest BCUT2D eigenvalue weighted by Crippen LogP contribution is 2.30. The summed E-state index contributed by atoms with van der Waals surface area (Å²) < 4.78 is 40.9. The summed E-state index contributed by atoms with van der Waals surface area (Å²) in [6.45, 7) is 3.10. The number of rotatable bonds is 3. The van der Waals surface area contributed by atoms with Crippen molar-refractivity contribution in [3.63, 3.8) is 0 Å². The third-order valence-electron chi connectivity index (χ3n) is 3.99. The van der Waals surface area contributed by atoms with Crippen molar-refractivity contribution < 1.29 is 17.9 Å². The van der Waals surface area contributed by atoms with Crippen molar-refractivity contribution in [3.8, 4) is 5.75 Å². The molecule has 6 heteroatoms. The molecule has 0 fully saturated rings. The second kappa shape index (κ2) is 5.76. The van der Waals surface area contributed by atoms with E-state index in [1.165, 1.54) is 23.8 Å². The fourth-order valence-electron chi connectivity index (χ4n) is 2.98. The Labute approximate surface area is 132 Å². The molecule has 0 unspecified atom stereocenters. The Balaban J connectivity index is 1.75. The van der Waals surface area contributed by atoms with Crippen LogP contribution in [0.2, 0.25) is 0 Å². The molecule has 1 aromatic carbocycles. The van der Waals surface area contributed by atoms with Crippen molar-refractivity contribution >= 4 is 5.84 Å². The minimum absolute atomic E-state index is 0.237. The van der Waals surface area contributed by atoms with E-state index in [4.69, 9.17) is 5.41 Å². The molecule has 0 aromatic heterocycles. The quantitative estimate of drug-likeness (QED) is 0.896. The summed E-state index contributed by atoms with van der Waals surface area (Å²) in [5.41, 5.74) is 3.81. The average molecular weight is 322 g/mol. The Hall–Kier alpha value is -2.24. The highest BCUT2D eigenvalue weighted by atomic mass is 19.4. The molecule has 0 saturated heterocycles. The molecule has 0 bridgehead atoms. The molecular formula is C17H17F3N2O. The first-order valence-corrected chi connectivity index (χ1v) is 7.40. The Morgan fingerprint density at radius 3 is 2.78 bits per heavy atom. The van der Waals surface area contributed by atoms with E-state index in [1.54, 1.807) is 0 Å². The lowest BCUT2D eigenvalue weighted by Crippen LogP contribution is -2.26. The van der Waals surface area contributed by atoms with Crippen molar-refractivity contribution in [1.29, 1.82) is 5.41 Å². The van der Waals surface area contributed by atoms with Crippen LogP contribution in [0.15, 0.2) is 41.5 Å². The fourth-order valence-corrected chi connectivity index (χ4v) is 2.98. The molecule has 0 saturated carbocycles. The van der Waals surface area contributed by atoms with Crippen LogP contribution in [0.25, 0.3) is 0 Å². The number of nitrogens with zero attached hydrogens (tertiary/aromatic N) is 1. The lowest BCUT2D eigenvalue weighted by atomic mass is 10.0. The molecule has 1 aliphatic heterocycles. The van der Waals surface area contributed by atoms with E-state index >= 15 is 0 Å². The summed E-state index contributed by atoms with van der Waals surface area (Å²) in [5, 5.41) is 8.22. The monoisotopic (exact) mass is 322 g/mol. The van der Waals surface area contributed by atoms with E-state index in [0.29, 0.717) is 30.1 Å². The molecule has 1 N–H and O–H groups in total. The van der Waals surface area contributed by atoms with Gasteiger partial charge in [-0.15, -0.1) is 13.2 Å². The second-order valence-corrected chi connectivity index (χ2v) is 5.88. The van der Waals surface area contributed by atoms with E-state index < -0.39 is 6.36 Å². The normalized spacial score (nSPS) is 17.7. The Morgan fingerprint density at radius 1 is 1.30 bits per heavy atom. The van der Waals surface area contributed by atoms with Gasteiger partial charge < -0.3 is 9.64 Å². The van der Waals surface area contributed by atoms with Crippen molar-refractivity contribution in [3.05, 3.63) is 52.6 Å². The smallest absolute Gasteiger partial charge is 0.406 e. The molecule has 0 radical (unpaired) electrons. The zero-order chi connectivity index (χ0) is 16.6. The van der Waals surface area contributed by atoms with E-state index in [2.05, 4.69) is 23.8 Å². The molecule has 122 valence electrons. The van der Waals surface area contributed by atoms with Crippen LogP contribution in [0.3, 0.4) is 0 Å². The number of alkyl halides is 3. The van der Waals surface area contributed by atoms with Crippen LogP contribution >= 0.6 is 0 Å². The van der Waals surface area contributed by atoms with E-state index in [1.807, 2.05) is 4.90 Å². The highest BCUT2D eigenvalue weighted by molar-refractivity contribution is 6.00. The van der Waals surface area contributed by atoms with Gasteiger partial charge in [0, 0.05) is 18.7 Å². The van der Waals surface area contributed by atoms with Gasteiger partial charge in [-0.05, 0) is 49.1 Å². The van der Waals surface area contributed by atoms with Crippen molar-refractivity contribution in [1.82, 2.24) is 4.90 Å². The highest BCUT2D eigenvalue weighted by Gasteiger charge is 2.32. The van der Waals surface area contributed by atoms with Gasteiger partial charge in [-0.2, -0.15) is 0 Å². The molecule has 3 nitrogen and oxygen atoms in total. The molecule has 1 aromatic rings. The maximum Gasteiger partial charge on any atom is 0.573 e. The molecule has 1 heterocycles. The zero-order valence-electron chi connectivity index (χ0n) is 12.7. The first kappa shape index (κ1) is 15.6. The van der Waals surface area contributed by atoms with Crippen LogP contribution in [0.1, 0.15) is 30.9 Å². The summed E-state index contributed by atoms with van der Waals surface area (Å²) in [5.74, 6) is 0.106. The van der Waals surface area contributed by atoms with Gasteiger partial charge in [0.1, 0.15) is 11.6 Å². The van der Waals surface area contributed by atoms with Crippen LogP contribution in [-0.2, 0) is 6.54 Å². The minimum Gasteiger partial charge on any atom is -0.406 e. The minimum atomic E-state index is -4.70. The summed E-state index contributed by atoms with van der Waals surface area (Å²) in [4.78, 5) is 1.86. The predicted octanol–water partition coefficient (Wildman–Crippen LogP) is 4.39. The van der Waals surface area contributed by atoms with Crippen LogP contribution in [0, 0.1) is 5.41 Å². The molecule has 0 spiro atoms. The molecule has 0 amide bonds. The zero-order valence-corrected chi connectivity index (χ0v) is 12.7. The lowest BCUT2D eigenvalue weighted by molar-refractivity contribution is -0.274. The predicted molar refractivity (Wildman–Crippen MR) is 81.4 cm³/mol. The summed E-state index contributed by atoms with van der Waals surface area (Å²) in [6, 6.07) is 4.15. The first-order valence-electron chi connectivity index (χ1n) is 7.40. The van der Waals surface area contributed by atoms with Crippen LogP contribution in [-0.4, -0.2) is 23.6 Å². The van der Waals surface area contributed by atoms with Crippen LogP contribution in [0.4, 0.5) is 13.2 Å². The summed E-state index contributed by atoms with van der Waals surface area (Å²) in [6.07, 6.45) is 1.63. The summed E-state index contributed by atoms with van der Waals surface area (Å²) in [7, 11) is 0. The maximum atomic E-state index is 12.3. The van der Waals surface area contributed by atoms with Crippen LogP contribution < -0.4 is 4.74 Å². The van der Waals surface area contributed by atoms with E-state index in [-0.39, 0.29) is 5.75 Å². The number of fused-ring (bicyclic) bond motifs is 1. The Bertz CT molecular complexity index is 704. The van der Waals surface area contributed by atoms with Gasteiger partial charge in [-0.3, -0.25) is 5.41 Å². The van der Waals surface area contributed by atoms with Gasteiger partial charge in [-0.1, -0.05) is 17.7 Å². The number of halogens is 3. The number of ether oxygens (including phenoxy) is 1. The molecule has 0 atom stereocenters. The topological polar surface area (TPSA) is 36.3 Å². The van der Waals surface area contributed by atoms with Gasteiger partial charge in [0.25, 0.3) is 0 Å². The van der Waals surface area contributed by atoms with E-state index in [9.17, 15) is 13.2 Å². The SMILES string of the molecule is CC1=CC(CN2Cc3cc(OC(F)(F)F)ccc3C2=N)=CCC1. The molecule has 1 aliphatic carbocycles. The number of hydrogen-bond acceptors (Lipinski definition) is 2. The Morgan fingerprint density at radius 2 is 2.09 bits per heavy atom. The molecule has 23 heavy (non-hydrogen) atoms. The van der Waals surface area contributed by atoms with Gasteiger partial charge in [-0.25, -0.2) is 0 Å². The number of hydrogen-bond donors (Lipinski definition) is 1. The first-order chi connectivity index (χ1) is 10.8. The number of nitrogens with one attached hydrogen (secondary N) is 1. The van der Waals surface area contributed by atoms with Crippen molar-refractivity contribution in [2.45, 2.75) is 32.7 Å². The van der Waals surface area contributed by atoms with Crippen molar-refractivity contribution in [2.24, 2.45) is 0 Å². The standard InChI is InChI=1S/C17H17F3N2O/c1-11-3-2-4-12(7-11)9-22-10-13-8-14(23-17(18,19)20)5-6-15(13)16(22)21/h4-8,21H,2-3,9-10H2,1H3. The lowest BCUT2D eigenvalue weighted by Gasteiger charge is -2.20. The maximum absolute atomic E-state index is 12.3. The number of benzene rings is 1. The van der Waals surface area contributed by atoms with E-state index in [0.717, 1.165) is 18.4 Å². The van der Waals surface area contributed by atoms with Gasteiger partial charge in [0.2, 0.25) is 0 Å². The average Bonchev–Trinajstić information content (AvgIpc) is 2.73. The van der Waals surface area contributed by atoms with Gasteiger partial charge in [0.15, 0.2) is 0 Å². The van der Waals surface area contributed by atoms with Gasteiger partial charge >= 0.3 is 6.36 Å². The molecule has 2 aliphatic rings. The van der Waals surface area contributed by atoms with Gasteiger partial charge in [0.05, 0.1) is 0 Å². The number of allylic oxidation sites excluding steroid dienone is 2. The second-order valence-electron chi connectivity index (χ2n) is 5.88. The fraction of sp³-hybridized carbons (Fsp3) is 0.353. The molecular weight excluding hydrogens is 305 g/mol. The van der Waals surface area contributed by atoms with Crippen molar-refractivity contribution in [2.75, 3.05) is 6.54 Å². The Kier molecular flexibility index (Phi) is 3.92. The largest absolute Gasteiger partial charge is 0.573 e. The van der Waals surface area contributed by atoms with Crippen LogP contribution in [0.5, 0.6) is 5.75 Å². The number of amidine groups is 1. The third-order valence-corrected chi connectivity index (χ3v) is 3.99.